The SMILES string of the molecule is CCC(CCO)NS(=O)(=O)c1cc(F)ccc1N. The van der Waals surface area contributed by atoms with Crippen molar-refractivity contribution in [3.05, 3.63) is 24.0 Å². The number of nitrogens with two attached hydrogens (primary N) is 1. The van der Waals surface area contributed by atoms with Gasteiger partial charge in [0.05, 0.1) is 5.69 Å². The molecule has 0 saturated heterocycles. The number of hydrogen-bond acceptors (Lipinski definition) is 4. The molecule has 5 nitrogen and oxygen atoms in total. The minimum absolute atomic E-state index is 0.0113. The molecule has 0 radical (unpaired) electrons. The Morgan fingerprint density at radius 2 is 2.17 bits per heavy atom. The van der Waals surface area contributed by atoms with Gasteiger partial charge in [-0.2, -0.15) is 0 Å². The molecule has 0 bridgehead atoms. The summed E-state index contributed by atoms with van der Waals surface area (Å²) in [6, 6.07) is 2.78. The quantitative estimate of drug-likeness (QED) is 0.671. The van der Waals surface area contributed by atoms with Crippen molar-refractivity contribution in [1.82, 2.24) is 4.72 Å². The van der Waals surface area contributed by atoms with Crippen LogP contribution in [0.3, 0.4) is 0 Å². The molecule has 0 fully saturated rings. The van der Waals surface area contributed by atoms with Crippen LogP contribution in [0.2, 0.25) is 0 Å². The molecule has 1 rings (SSSR count). The van der Waals surface area contributed by atoms with Gasteiger partial charge in [-0.3, -0.25) is 0 Å². The van der Waals surface area contributed by atoms with Crippen molar-refractivity contribution in [2.24, 2.45) is 0 Å². The van der Waals surface area contributed by atoms with E-state index in [1.165, 1.54) is 6.07 Å². The largest absolute Gasteiger partial charge is 0.398 e. The van der Waals surface area contributed by atoms with Crippen LogP contribution in [-0.2, 0) is 10.0 Å². The Morgan fingerprint density at radius 1 is 1.50 bits per heavy atom. The van der Waals surface area contributed by atoms with Gasteiger partial charge in [0.25, 0.3) is 0 Å². The molecule has 0 spiro atoms. The average Bonchev–Trinajstić information content (AvgIpc) is 2.31. The molecule has 1 atom stereocenters. The first-order valence-corrected chi connectivity index (χ1v) is 7.07. The number of hydrogen-bond donors (Lipinski definition) is 3. The van der Waals surface area contributed by atoms with Gasteiger partial charge >= 0.3 is 0 Å². The Labute approximate surface area is 106 Å². The molecule has 1 aromatic carbocycles. The van der Waals surface area contributed by atoms with E-state index in [-0.39, 0.29) is 17.2 Å². The van der Waals surface area contributed by atoms with Gasteiger partial charge in [0.15, 0.2) is 0 Å². The fraction of sp³-hybridized carbons (Fsp3) is 0.455. The second-order valence-corrected chi connectivity index (χ2v) is 5.60. The van der Waals surface area contributed by atoms with Gasteiger partial charge < -0.3 is 10.8 Å². The van der Waals surface area contributed by atoms with E-state index in [1.54, 1.807) is 6.92 Å². The molecule has 0 aromatic heterocycles. The summed E-state index contributed by atoms with van der Waals surface area (Å²) in [7, 11) is -3.87. The standard InChI is InChI=1S/C11H17FN2O3S/c1-2-9(5-6-15)14-18(16,17)11-7-8(12)3-4-10(11)13/h3-4,7,9,14-15H,2,5-6,13H2,1H3. The highest BCUT2D eigenvalue weighted by Crippen LogP contribution is 2.20. The molecular weight excluding hydrogens is 259 g/mol. The molecule has 102 valence electrons. The van der Waals surface area contributed by atoms with E-state index in [4.69, 9.17) is 10.8 Å². The summed E-state index contributed by atoms with van der Waals surface area (Å²) in [6.07, 6.45) is 0.819. The van der Waals surface area contributed by atoms with Crippen LogP contribution in [0.15, 0.2) is 23.1 Å². The summed E-state index contributed by atoms with van der Waals surface area (Å²) >= 11 is 0. The second kappa shape index (κ2) is 6.12. The van der Waals surface area contributed by atoms with Gasteiger partial charge in [0.2, 0.25) is 10.0 Å². The summed E-state index contributed by atoms with van der Waals surface area (Å²) in [5.74, 6) is -0.667. The smallest absolute Gasteiger partial charge is 0.242 e. The first-order valence-electron chi connectivity index (χ1n) is 5.59. The van der Waals surface area contributed by atoms with E-state index in [9.17, 15) is 12.8 Å². The van der Waals surface area contributed by atoms with Crippen molar-refractivity contribution in [2.75, 3.05) is 12.3 Å². The van der Waals surface area contributed by atoms with Crippen molar-refractivity contribution >= 4 is 15.7 Å². The number of nitrogens with one attached hydrogen (secondary N) is 1. The maximum Gasteiger partial charge on any atom is 0.242 e. The number of aliphatic hydroxyl groups is 1. The number of nitrogen functional groups attached to an aromatic ring is 1. The summed E-state index contributed by atoms with van der Waals surface area (Å²) in [4.78, 5) is -0.279. The van der Waals surface area contributed by atoms with Gasteiger partial charge in [0.1, 0.15) is 10.7 Å². The Hall–Kier alpha value is -1.18. The van der Waals surface area contributed by atoms with Gasteiger partial charge in [0, 0.05) is 12.6 Å². The first-order chi connectivity index (χ1) is 8.40. The average molecular weight is 276 g/mol. The summed E-state index contributed by atoms with van der Waals surface area (Å²) in [5, 5.41) is 8.81. The number of sulfonamides is 1. The van der Waals surface area contributed by atoms with Crippen LogP contribution in [-0.4, -0.2) is 26.2 Å². The van der Waals surface area contributed by atoms with Crippen LogP contribution in [0.4, 0.5) is 10.1 Å². The lowest BCUT2D eigenvalue weighted by atomic mass is 10.2. The van der Waals surface area contributed by atoms with E-state index in [1.807, 2.05) is 0 Å². The third-order valence-corrected chi connectivity index (χ3v) is 4.13. The lowest BCUT2D eigenvalue weighted by Crippen LogP contribution is -2.35. The predicted molar refractivity (Wildman–Crippen MR) is 66.9 cm³/mol. The lowest BCUT2D eigenvalue weighted by Gasteiger charge is -2.16. The molecule has 0 heterocycles. The molecule has 1 aromatic rings. The second-order valence-electron chi connectivity index (χ2n) is 3.92. The summed E-state index contributed by atoms with van der Waals surface area (Å²) in [5.41, 5.74) is 5.52. The van der Waals surface area contributed by atoms with Gasteiger partial charge in [-0.1, -0.05) is 6.92 Å². The normalized spacial score (nSPS) is 13.5. The van der Waals surface area contributed by atoms with Crippen LogP contribution in [0.1, 0.15) is 19.8 Å². The monoisotopic (exact) mass is 276 g/mol. The molecule has 18 heavy (non-hydrogen) atoms. The van der Waals surface area contributed by atoms with Gasteiger partial charge in [-0.05, 0) is 31.0 Å². The third-order valence-electron chi connectivity index (χ3n) is 2.56. The Morgan fingerprint density at radius 3 is 2.72 bits per heavy atom. The zero-order chi connectivity index (χ0) is 13.8. The highest BCUT2D eigenvalue weighted by atomic mass is 32.2. The highest BCUT2D eigenvalue weighted by Gasteiger charge is 2.21. The molecule has 0 saturated carbocycles. The maximum absolute atomic E-state index is 13.1. The third kappa shape index (κ3) is 3.66. The minimum Gasteiger partial charge on any atom is -0.398 e. The fourth-order valence-electron chi connectivity index (χ4n) is 1.53. The van der Waals surface area contributed by atoms with E-state index >= 15 is 0 Å². The molecule has 0 aliphatic rings. The van der Waals surface area contributed by atoms with E-state index in [2.05, 4.69) is 4.72 Å². The van der Waals surface area contributed by atoms with Crippen molar-refractivity contribution in [2.45, 2.75) is 30.7 Å². The summed E-state index contributed by atoms with van der Waals surface area (Å²) < 4.78 is 39.5. The van der Waals surface area contributed by atoms with Gasteiger partial charge in [-0.25, -0.2) is 17.5 Å². The van der Waals surface area contributed by atoms with E-state index in [0.717, 1.165) is 12.1 Å². The van der Waals surface area contributed by atoms with Gasteiger partial charge in [-0.15, -0.1) is 0 Å². The van der Waals surface area contributed by atoms with Crippen molar-refractivity contribution in [1.29, 1.82) is 0 Å². The molecule has 0 amide bonds. The van der Waals surface area contributed by atoms with Crippen molar-refractivity contribution in [3.8, 4) is 0 Å². The molecule has 0 aliphatic heterocycles. The predicted octanol–water partition coefficient (Wildman–Crippen LogP) is 0.847. The van der Waals surface area contributed by atoms with Crippen LogP contribution in [0.5, 0.6) is 0 Å². The molecule has 0 aliphatic carbocycles. The van der Waals surface area contributed by atoms with Crippen molar-refractivity contribution in [3.63, 3.8) is 0 Å². The molecule has 1 unspecified atom stereocenters. The molecule has 7 heteroatoms. The van der Waals surface area contributed by atoms with Crippen LogP contribution >= 0.6 is 0 Å². The first kappa shape index (κ1) is 14.9. The lowest BCUT2D eigenvalue weighted by molar-refractivity contribution is 0.270. The number of halogens is 1. The number of benzene rings is 1. The van der Waals surface area contributed by atoms with Crippen LogP contribution < -0.4 is 10.5 Å². The minimum atomic E-state index is -3.87. The maximum atomic E-state index is 13.1. The number of rotatable bonds is 6. The van der Waals surface area contributed by atoms with Crippen LogP contribution in [0, 0.1) is 5.82 Å². The summed E-state index contributed by atoms with van der Waals surface area (Å²) in [6.45, 7) is 1.66. The Bertz CT molecular complexity index is 505. The van der Waals surface area contributed by atoms with E-state index in [0.29, 0.717) is 12.8 Å². The molecular formula is C11H17FN2O3S. The molecule has 4 N–H and O–H groups in total. The Balaban J connectivity index is 3.02. The fourth-order valence-corrected chi connectivity index (χ4v) is 3.02. The number of anilines is 1. The van der Waals surface area contributed by atoms with Crippen LogP contribution in [0.25, 0.3) is 0 Å². The Kier molecular flexibility index (Phi) is 5.06. The topological polar surface area (TPSA) is 92.4 Å². The highest BCUT2D eigenvalue weighted by molar-refractivity contribution is 7.89. The number of aliphatic hydroxyl groups excluding tert-OH is 1. The zero-order valence-corrected chi connectivity index (χ0v) is 10.9. The van der Waals surface area contributed by atoms with E-state index < -0.39 is 21.9 Å². The zero-order valence-electron chi connectivity index (χ0n) is 10.1. The van der Waals surface area contributed by atoms with Crippen molar-refractivity contribution < 1.29 is 17.9 Å².